The molecule has 9 nitrogen and oxygen atoms in total. The van der Waals surface area contributed by atoms with Gasteiger partial charge in [0.05, 0.1) is 18.1 Å². The highest BCUT2D eigenvalue weighted by atomic mass is 16.2. The van der Waals surface area contributed by atoms with E-state index >= 15 is 0 Å². The van der Waals surface area contributed by atoms with Gasteiger partial charge >= 0.3 is 0 Å². The molecule has 0 bridgehead atoms. The summed E-state index contributed by atoms with van der Waals surface area (Å²) in [7, 11) is 1.67. The van der Waals surface area contributed by atoms with Gasteiger partial charge in [-0.3, -0.25) is 19.2 Å². The highest BCUT2D eigenvalue weighted by Crippen LogP contribution is 2.30. The van der Waals surface area contributed by atoms with Gasteiger partial charge < -0.3 is 25.8 Å². The molecule has 40 heavy (non-hydrogen) atoms. The second kappa shape index (κ2) is 13.1. The summed E-state index contributed by atoms with van der Waals surface area (Å²) in [5.74, 6) is -0.787. The Kier molecular flexibility index (Phi) is 9.58. The first-order valence-electron chi connectivity index (χ1n) is 14.2. The number of nitrogens with one attached hydrogen (secondary N) is 3. The first kappa shape index (κ1) is 29.3. The lowest BCUT2D eigenvalue weighted by atomic mass is 9.98. The summed E-state index contributed by atoms with van der Waals surface area (Å²) >= 11 is 0. The Labute approximate surface area is 236 Å². The number of carbonyl (C=O) groups excluding carboxylic acids is 4. The Hall–Kier alpha value is -3.72. The topological polar surface area (TPSA) is 111 Å². The molecule has 0 aliphatic carbocycles. The average molecular weight is 548 g/mol. The minimum atomic E-state index is -0.933. The molecule has 4 rings (SSSR count). The molecule has 2 fully saturated rings. The zero-order valence-electron chi connectivity index (χ0n) is 23.8. The number of hydrogen-bond donors (Lipinski definition) is 3. The fourth-order valence-electron chi connectivity index (χ4n) is 5.57. The predicted molar refractivity (Wildman–Crippen MR) is 153 cm³/mol. The van der Waals surface area contributed by atoms with Gasteiger partial charge in [0.2, 0.25) is 23.6 Å². The van der Waals surface area contributed by atoms with Crippen molar-refractivity contribution >= 4 is 23.6 Å². The van der Waals surface area contributed by atoms with E-state index in [-0.39, 0.29) is 48.2 Å². The molecule has 2 aliphatic rings. The lowest BCUT2D eigenvalue weighted by Gasteiger charge is -2.31. The summed E-state index contributed by atoms with van der Waals surface area (Å²) in [5.41, 5.74) is 1.88. The molecule has 2 aromatic carbocycles. The monoisotopic (exact) mass is 547 g/mol. The normalized spacial score (nSPS) is 21.6. The van der Waals surface area contributed by atoms with Crippen LogP contribution < -0.4 is 16.0 Å². The molecule has 0 radical (unpaired) electrons. The average Bonchev–Trinajstić information content (AvgIpc) is 3.32. The molecule has 2 heterocycles. The fourth-order valence-corrected chi connectivity index (χ4v) is 5.57. The molecule has 3 N–H and O–H groups in total. The van der Waals surface area contributed by atoms with E-state index in [2.05, 4.69) is 16.0 Å². The molecular weight excluding hydrogens is 506 g/mol. The van der Waals surface area contributed by atoms with Crippen molar-refractivity contribution in [3.05, 3.63) is 71.8 Å². The summed E-state index contributed by atoms with van der Waals surface area (Å²) in [5, 5.41) is 8.93. The van der Waals surface area contributed by atoms with E-state index in [1.165, 1.54) is 0 Å². The van der Waals surface area contributed by atoms with Gasteiger partial charge in [0.1, 0.15) is 12.1 Å². The lowest BCUT2D eigenvalue weighted by Crippen LogP contribution is -2.57. The van der Waals surface area contributed by atoms with Crippen LogP contribution in [-0.4, -0.2) is 77.7 Å². The van der Waals surface area contributed by atoms with Gasteiger partial charge in [0, 0.05) is 19.5 Å². The maximum Gasteiger partial charge on any atom is 0.247 e. The van der Waals surface area contributed by atoms with Gasteiger partial charge in [-0.2, -0.15) is 0 Å². The molecule has 2 aliphatic heterocycles. The van der Waals surface area contributed by atoms with E-state index in [0.717, 1.165) is 11.1 Å². The molecule has 4 atom stereocenters. The zero-order chi connectivity index (χ0) is 28.8. The van der Waals surface area contributed by atoms with Crippen LogP contribution in [0.2, 0.25) is 0 Å². The summed E-state index contributed by atoms with van der Waals surface area (Å²) < 4.78 is 0. The first-order chi connectivity index (χ1) is 19.2. The van der Waals surface area contributed by atoms with Gasteiger partial charge in [-0.1, -0.05) is 74.5 Å². The van der Waals surface area contributed by atoms with Crippen LogP contribution in [0.3, 0.4) is 0 Å². The molecule has 2 aromatic rings. The number of carbonyl (C=O) groups is 4. The highest BCUT2D eigenvalue weighted by molar-refractivity contribution is 5.95. The van der Waals surface area contributed by atoms with Crippen molar-refractivity contribution < 1.29 is 19.2 Å². The zero-order valence-corrected chi connectivity index (χ0v) is 23.8. The van der Waals surface area contributed by atoms with Gasteiger partial charge in [-0.25, -0.2) is 0 Å². The van der Waals surface area contributed by atoms with Crippen LogP contribution in [0.4, 0.5) is 0 Å². The standard InChI is InChI=1S/C31H41N5O4/c1-20(2)17-27(37)35-18-24-15-16-26(36(24)31(40)25(19-35)33-29(38)21(3)32-4)30(39)34-28(22-11-7-5-8-12-22)23-13-9-6-10-14-23/h5-14,20-21,24-26,28,32H,15-19H2,1-4H3,(H,33,38)(H,34,39)/t21-,24+,25?,26-/m0/s1. The minimum Gasteiger partial charge on any atom is -0.343 e. The third-order valence-electron chi connectivity index (χ3n) is 7.82. The number of hydrogen-bond acceptors (Lipinski definition) is 5. The van der Waals surface area contributed by atoms with E-state index < -0.39 is 18.1 Å². The van der Waals surface area contributed by atoms with Gasteiger partial charge in [0.15, 0.2) is 0 Å². The first-order valence-corrected chi connectivity index (χ1v) is 14.2. The number of likely N-dealkylation sites (N-methyl/N-ethyl adjacent to an activating group) is 1. The number of fused-ring (bicyclic) bond motifs is 1. The van der Waals surface area contributed by atoms with Crippen molar-refractivity contribution in [2.45, 2.75) is 70.2 Å². The van der Waals surface area contributed by atoms with Crippen LogP contribution in [0.1, 0.15) is 57.2 Å². The maximum atomic E-state index is 14.0. The van der Waals surface area contributed by atoms with Crippen molar-refractivity contribution in [1.82, 2.24) is 25.8 Å². The summed E-state index contributed by atoms with van der Waals surface area (Å²) in [6.45, 7) is 6.10. The largest absolute Gasteiger partial charge is 0.343 e. The van der Waals surface area contributed by atoms with Crippen LogP contribution in [-0.2, 0) is 19.2 Å². The quantitative estimate of drug-likeness (QED) is 0.446. The molecule has 1 unspecified atom stereocenters. The van der Waals surface area contributed by atoms with E-state index in [4.69, 9.17) is 0 Å². The van der Waals surface area contributed by atoms with Crippen molar-refractivity contribution in [3.8, 4) is 0 Å². The Balaban J connectivity index is 1.61. The van der Waals surface area contributed by atoms with E-state index in [1.54, 1.807) is 23.8 Å². The molecule has 4 amide bonds. The maximum absolute atomic E-state index is 14.0. The van der Waals surface area contributed by atoms with Crippen LogP contribution in [0.15, 0.2) is 60.7 Å². The van der Waals surface area contributed by atoms with Gasteiger partial charge in [0.25, 0.3) is 0 Å². The minimum absolute atomic E-state index is 0.0494. The molecule has 0 aromatic heterocycles. The fraction of sp³-hybridized carbons (Fsp3) is 0.484. The van der Waals surface area contributed by atoms with E-state index in [1.807, 2.05) is 74.5 Å². The third-order valence-corrected chi connectivity index (χ3v) is 7.82. The van der Waals surface area contributed by atoms with Crippen molar-refractivity contribution in [2.75, 3.05) is 20.1 Å². The Morgan fingerprint density at radius 3 is 2.05 bits per heavy atom. The second-order valence-corrected chi connectivity index (χ2v) is 11.2. The molecular formula is C31H41N5O4. The predicted octanol–water partition coefficient (Wildman–Crippen LogP) is 2.23. The highest BCUT2D eigenvalue weighted by Gasteiger charge is 2.47. The summed E-state index contributed by atoms with van der Waals surface area (Å²) in [6, 6.07) is 16.7. The number of benzene rings is 2. The summed E-state index contributed by atoms with van der Waals surface area (Å²) in [6.07, 6.45) is 1.44. The smallest absolute Gasteiger partial charge is 0.247 e. The van der Waals surface area contributed by atoms with Gasteiger partial charge in [-0.15, -0.1) is 0 Å². The van der Waals surface area contributed by atoms with Crippen molar-refractivity contribution in [3.63, 3.8) is 0 Å². The third kappa shape index (κ3) is 6.70. The lowest BCUT2D eigenvalue weighted by molar-refractivity contribution is -0.142. The molecule has 0 saturated carbocycles. The Morgan fingerprint density at radius 1 is 0.900 bits per heavy atom. The molecule has 2 saturated heterocycles. The summed E-state index contributed by atoms with van der Waals surface area (Å²) in [4.78, 5) is 57.1. The number of amides is 4. The molecule has 214 valence electrons. The van der Waals surface area contributed by atoms with E-state index in [0.29, 0.717) is 25.8 Å². The Bertz CT molecular complexity index is 1150. The van der Waals surface area contributed by atoms with Crippen LogP contribution in [0.25, 0.3) is 0 Å². The van der Waals surface area contributed by atoms with Crippen LogP contribution in [0.5, 0.6) is 0 Å². The van der Waals surface area contributed by atoms with Crippen molar-refractivity contribution in [1.29, 1.82) is 0 Å². The number of rotatable bonds is 9. The van der Waals surface area contributed by atoms with Crippen molar-refractivity contribution in [2.24, 2.45) is 5.92 Å². The molecule has 0 spiro atoms. The van der Waals surface area contributed by atoms with Crippen LogP contribution in [0, 0.1) is 5.92 Å². The number of nitrogens with zero attached hydrogens (tertiary/aromatic N) is 2. The van der Waals surface area contributed by atoms with E-state index in [9.17, 15) is 19.2 Å². The SMILES string of the molecule is CN[C@@H](C)C(=O)NC1CN(C(=O)CC(C)C)C[C@H]2CC[C@@H](C(=O)NC(c3ccccc3)c3ccccc3)N2C1=O. The van der Waals surface area contributed by atoms with Crippen LogP contribution >= 0.6 is 0 Å². The second-order valence-electron chi connectivity index (χ2n) is 11.2. The Morgan fingerprint density at radius 2 is 1.50 bits per heavy atom. The molecule has 9 heteroatoms. The van der Waals surface area contributed by atoms with Gasteiger partial charge in [-0.05, 0) is 43.9 Å².